The summed E-state index contributed by atoms with van der Waals surface area (Å²) in [6.45, 7) is -0.241. The van der Waals surface area contributed by atoms with Crippen molar-refractivity contribution in [1.82, 2.24) is 5.32 Å². The Morgan fingerprint density at radius 3 is 2.24 bits per heavy atom. The summed E-state index contributed by atoms with van der Waals surface area (Å²) in [5.41, 5.74) is 3.77. The number of aliphatic hydroxyl groups excluding tert-OH is 2. The Hall–Kier alpha value is -3.95. The lowest BCUT2D eigenvalue weighted by Crippen LogP contribution is -2.36. The summed E-state index contributed by atoms with van der Waals surface area (Å²) in [6, 6.07) is 19.1. The number of phenols is 1. The predicted molar refractivity (Wildman–Crippen MR) is 119 cm³/mol. The molecule has 0 radical (unpaired) electrons. The van der Waals surface area contributed by atoms with Crippen molar-refractivity contribution in [2.24, 2.45) is 0 Å². The van der Waals surface area contributed by atoms with Gasteiger partial charge in [-0.2, -0.15) is 0 Å². The van der Waals surface area contributed by atoms with Crippen molar-refractivity contribution < 1.29 is 29.8 Å². The van der Waals surface area contributed by atoms with Crippen molar-refractivity contribution in [3.8, 4) is 16.9 Å². The second-order valence-electron chi connectivity index (χ2n) is 7.72. The standard InChI is InChI=1S/C24H22N2O7/c27-21-10-9-14(11-20(21)26(31)32)23(29)22(28)12-25-24(30)33-13-19-17-7-3-1-5-15(17)16-6-2-4-8-18(16)19/h1-11,19,22-23,27-29H,12-13H2,(H,25,30). The molecule has 4 rings (SSSR count). The molecule has 3 aromatic carbocycles. The molecule has 4 N–H and O–H groups in total. The molecule has 1 aliphatic carbocycles. The van der Waals surface area contributed by atoms with Gasteiger partial charge in [-0.15, -0.1) is 0 Å². The number of nitro groups is 1. The number of carbonyl (C=O) groups excluding carboxylic acids is 1. The van der Waals surface area contributed by atoms with Gasteiger partial charge < -0.3 is 25.4 Å². The van der Waals surface area contributed by atoms with E-state index in [1.54, 1.807) is 0 Å². The Bertz CT molecular complexity index is 1150. The topological polar surface area (TPSA) is 142 Å². The molecule has 0 saturated carbocycles. The summed E-state index contributed by atoms with van der Waals surface area (Å²) in [7, 11) is 0. The number of hydrogen-bond donors (Lipinski definition) is 4. The zero-order valence-corrected chi connectivity index (χ0v) is 17.4. The van der Waals surface area contributed by atoms with E-state index in [-0.39, 0.29) is 24.6 Å². The molecule has 1 aliphatic rings. The van der Waals surface area contributed by atoms with Crippen molar-refractivity contribution in [2.75, 3.05) is 13.2 Å². The predicted octanol–water partition coefficient (Wildman–Crippen LogP) is 3.23. The highest BCUT2D eigenvalue weighted by Crippen LogP contribution is 2.44. The van der Waals surface area contributed by atoms with Crippen LogP contribution in [0.3, 0.4) is 0 Å². The van der Waals surface area contributed by atoms with E-state index in [9.17, 15) is 30.2 Å². The number of nitrogens with one attached hydrogen (secondary N) is 1. The van der Waals surface area contributed by atoms with Crippen LogP contribution in [0.25, 0.3) is 11.1 Å². The highest BCUT2D eigenvalue weighted by atomic mass is 16.6. The van der Waals surface area contributed by atoms with Gasteiger partial charge in [0.2, 0.25) is 0 Å². The molecule has 0 bridgehead atoms. The molecule has 0 spiro atoms. The van der Waals surface area contributed by atoms with Gasteiger partial charge in [-0.25, -0.2) is 4.79 Å². The van der Waals surface area contributed by atoms with E-state index >= 15 is 0 Å². The molecule has 9 heteroatoms. The number of phenolic OH excluding ortho intramolecular Hbond substituents is 1. The monoisotopic (exact) mass is 450 g/mol. The zero-order chi connectivity index (χ0) is 23.5. The molecule has 1 amide bonds. The van der Waals surface area contributed by atoms with E-state index in [0.29, 0.717) is 0 Å². The minimum atomic E-state index is -1.52. The summed E-state index contributed by atoms with van der Waals surface area (Å²) < 4.78 is 5.38. The van der Waals surface area contributed by atoms with Gasteiger partial charge in [-0.05, 0) is 33.9 Å². The minimum Gasteiger partial charge on any atom is -0.502 e. The Kier molecular flexibility index (Phi) is 6.25. The second kappa shape index (κ2) is 9.27. The van der Waals surface area contributed by atoms with Gasteiger partial charge >= 0.3 is 11.8 Å². The number of aliphatic hydroxyl groups is 2. The van der Waals surface area contributed by atoms with Crippen molar-refractivity contribution in [3.05, 3.63) is 93.5 Å². The number of amides is 1. The van der Waals surface area contributed by atoms with Gasteiger partial charge in [0.25, 0.3) is 0 Å². The number of benzene rings is 3. The van der Waals surface area contributed by atoms with Gasteiger partial charge in [0.1, 0.15) is 18.8 Å². The molecule has 0 aromatic heterocycles. The van der Waals surface area contributed by atoms with Crippen LogP contribution in [0, 0.1) is 10.1 Å². The first-order valence-electron chi connectivity index (χ1n) is 10.3. The maximum absolute atomic E-state index is 12.2. The molecule has 3 aromatic rings. The Balaban J connectivity index is 1.35. The smallest absolute Gasteiger partial charge is 0.407 e. The summed E-state index contributed by atoms with van der Waals surface area (Å²) in [6.07, 6.45) is -3.73. The Morgan fingerprint density at radius 2 is 1.64 bits per heavy atom. The fraction of sp³-hybridized carbons (Fsp3) is 0.208. The van der Waals surface area contributed by atoms with E-state index in [4.69, 9.17) is 4.74 Å². The molecule has 170 valence electrons. The van der Waals surface area contributed by atoms with Crippen LogP contribution < -0.4 is 5.32 Å². The number of alkyl carbamates (subject to hydrolysis) is 1. The number of nitro benzene ring substituents is 1. The number of hydrogen-bond acceptors (Lipinski definition) is 7. The third kappa shape index (κ3) is 4.50. The van der Waals surface area contributed by atoms with Crippen molar-refractivity contribution in [3.63, 3.8) is 0 Å². The van der Waals surface area contributed by atoms with Gasteiger partial charge in [0, 0.05) is 18.5 Å². The number of ether oxygens (including phenoxy) is 1. The number of rotatable bonds is 7. The molecule has 0 heterocycles. The number of nitrogens with zero attached hydrogens (tertiary/aromatic N) is 1. The Labute approximate surface area is 189 Å². The summed E-state index contributed by atoms with van der Waals surface area (Å²) in [4.78, 5) is 22.4. The number of carbonyl (C=O) groups is 1. The summed E-state index contributed by atoms with van der Waals surface area (Å²) in [5, 5.41) is 43.3. The van der Waals surface area contributed by atoms with Gasteiger partial charge in [0.05, 0.1) is 4.92 Å². The van der Waals surface area contributed by atoms with Crippen molar-refractivity contribution >= 4 is 11.8 Å². The Morgan fingerprint density at radius 1 is 1.03 bits per heavy atom. The number of aromatic hydroxyl groups is 1. The lowest BCUT2D eigenvalue weighted by Gasteiger charge is -2.19. The van der Waals surface area contributed by atoms with Crippen LogP contribution in [0.15, 0.2) is 66.7 Å². The van der Waals surface area contributed by atoms with Gasteiger partial charge in [-0.3, -0.25) is 10.1 Å². The van der Waals surface area contributed by atoms with Crippen molar-refractivity contribution in [2.45, 2.75) is 18.1 Å². The fourth-order valence-electron chi connectivity index (χ4n) is 4.04. The lowest BCUT2D eigenvalue weighted by molar-refractivity contribution is -0.386. The number of fused-ring (bicyclic) bond motifs is 3. The second-order valence-corrected chi connectivity index (χ2v) is 7.72. The average molecular weight is 450 g/mol. The quantitative estimate of drug-likeness (QED) is 0.320. The fourth-order valence-corrected chi connectivity index (χ4v) is 4.04. The zero-order valence-electron chi connectivity index (χ0n) is 17.4. The van der Waals surface area contributed by atoms with Crippen LogP contribution in [0.4, 0.5) is 10.5 Å². The van der Waals surface area contributed by atoms with Crippen LogP contribution in [0.2, 0.25) is 0 Å². The van der Waals surface area contributed by atoms with Crippen molar-refractivity contribution in [1.29, 1.82) is 0 Å². The van der Waals surface area contributed by atoms with E-state index in [1.165, 1.54) is 6.07 Å². The van der Waals surface area contributed by atoms with Gasteiger partial charge in [-0.1, -0.05) is 54.6 Å². The van der Waals surface area contributed by atoms with Crippen LogP contribution in [-0.2, 0) is 4.74 Å². The van der Waals surface area contributed by atoms with Crippen LogP contribution >= 0.6 is 0 Å². The van der Waals surface area contributed by atoms with E-state index < -0.39 is 34.7 Å². The molecular formula is C24H22N2O7. The molecule has 33 heavy (non-hydrogen) atoms. The van der Waals surface area contributed by atoms with E-state index in [1.807, 2.05) is 48.5 Å². The molecular weight excluding hydrogens is 428 g/mol. The third-order valence-electron chi connectivity index (χ3n) is 5.70. The molecule has 9 nitrogen and oxygen atoms in total. The van der Waals surface area contributed by atoms with Crippen LogP contribution in [0.5, 0.6) is 5.75 Å². The lowest BCUT2D eigenvalue weighted by atomic mass is 9.98. The largest absolute Gasteiger partial charge is 0.502 e. The first kappa shape index (κ1) is 22.3. The molecule has 0 saturated heterocycles. The SMILES string of the molecule is O=C(NCC(O)C(O)c1ccc(O)c([N+](=O)[O-])c1)OCC1c2ccccc2-c2ccccc21. The van der Waals surface area contributed by atoms with Gasteiger partial charge in [0.15, 0.2) is 5.75 Å². The highest BCUT2D eigenvalue weighted by Gasteiger charge is 2.29. The minimum absolute atomic E-state index is 0.0290. The summed E-state index contributed by atoms with van der Waals surface area (Å²) in [5.74, 6) is -0.668. The molecule has 2 unspecified atom stereocenters. The van der Waals surface area contributed by atoms with Crippen LogP contribution in [-0.4, -0.2) is 45.6 Å². The normalized spacial score (nSPS) is 14.1. The molecule has 2 atom stereocenters. The average Bonchev–Trinajstić information content (AvgIpc) is 3.14. The summed E-state index contributed by atoms with van der Waals surface area (Å²) >= 11 is 0. The van der Waals surface area contributed by atoms with E-state index in [0.717, 1.165) is 34.4 Å². The maximum Gasteiger partial charge on any atom is 0.407 e. The molecule has 0 aliphatic heterocycles. The first-order chi connectivity index (χ1) is 15.9. The highest BCUT2D eigenvalue weighted by molar-refractivity contribution is 5.79. The third-order valence-corrected chi connectivity index (χ3v) is 5.70. The first-order valence-corrected chi connectivity index (χ1v) is 10.3. The maximum atomic E-state index is 12.2. The van der Waals surface area contributed by atoms with Crippen LogP contribution in [0.1, 0.15) is 28.7 Å². The van der Waals surface area contributed by atoms with E-state index in [2.05, 4.69) is 5.32 Å². The molecule has 0 fully saturated rings.